The molecule has 0 unspecified atom stereocenters. The van der Waals surface area contributed by atoms with E-state index in [0.717, 1.165) is 20.3 Å². The molecule has 1 atom stereocenters. The van der Waals surface area contributed by atoms with Crippen LogP contribution in [-0.2, 0) is 31.3 Å². The molecule has 1 aliphatic rings. The highest BCUT2D eigenvalue weighted by atomic mass is 127. The molecule has 0 amide bonds. The normalized spacial score (nSPS) is 17.9. The molecule has 5 heteroatoms. The molecule has 1 aliphatic carbocycles. The maximum absolute atomic E-state index is 11.8. The van der Waals surface area contributed by atoms with Gasteiger partial charge in [0, 0.05) is 23.0 Å². The number of esters is 2. The fraction of sp³-hybridized carbons (Fsp3) is 0.263. The van der Waals surface area contributed by atoms with Gasteiger partial charge in [0.15, 0.2) is 0 Å². The van der Waals surface area contributed by atoms with Crippen molar-refractivity contribution < 1.29 is 19.1 Å². The van der Waals surface area contributed by atoms with E-state index < -0.39 is 17.7 Å². The van der Waals surface area contributed by atoms with Crippen LogP contribution in [0, 0.1) is 3.57 Å². The average molecular weight is 436 g/mol. The Morgan fingerprint density at radius 1 is 1.04 bits per heavy atom. The van der Waals surface area contributed by atoms with Crippen LogP contribution in [0.3, 0.4) is 0 Å². The van der Waals surface area contributed by atoms with Gasteiger partial charge in [0.25, 0.3) is 5.79 Å². The fourth-order valence-electron chi connectivity index (χ4n) is 3.34. The quantitative estimate of drug-likeness (QED) is 0.416. The fourth-order valence-corrected chi connectivity index (χ4v) is 3.91. The highest BCUT2D eigenvalue weighted by Crippen LogP contribution is 2.50. The Bertz CT molecular complexity index is 783. The second-order valence-electron chi connectivity index (χ2n) is 5.82. The first-order valence-corrected chi connectivity index (χ1v) is 8.73. The van der Waals surface area contributed by atoms with E-state index in [-0.39, 0.29) is 5.92 Å². The van der Waals surface area contributed by atoms with E-state index in [1.807, 2.05) is 48.5 Å². The maximum atomic E-state index is 11.8. The van der Waals surface area contributed by atoms with Gasteiger partial charge in [-0.05, 0) is 52.3 Å². The van der Waals surface area contributed by atoms with E-state index in [1.165, 1.54) is 13.8 Å². The highest BCUT2D eigenvalue weighted by Gasteiger charge is 2.53. The van der Waals surface area contributed by atoms with Crippen molar-refractivity contribution in [1.29, 1.82) is 0 Å². The lowest BCUT2D eigenvalue weighted by atomic mass is 9.90. The molecule has 2 aromatic rings. The Morgan fingerprint density at radius 3 is 2.33 bits per heavy atom. The number of ether oxygens (including phenoxy) is 2. The molecule has 0 fully saturated rings. The third-order valence-electron chi connectivity index (χ3n) is 4.12. The Balaban J connectivity index is 2.19. The molecule has 0 aromatic heterocycles. The number of halogens is 1. The summed E-state index contributed by atoms with van der Waals surface area (Å²) in [7, 11) is 0. The van der Waals surface area contributed by atoms with E-state index in [0.29, 0.717) is 6.42 Å². The summed E-state index contributed by atoms with van der Waals surface area (Å²) in [6.07, 6.45) is 0.636. The van der Waals surface area contributed by atoms with Crippen molar-refractivity contribution in [3.05, 3.63) is 68.8 Å². The molecule has 0 radical (unpaired) electrons. The molecule has 0 bridgehead atoms. The molecular weight excluding hydrogens is 419 g/mol. The summed E-state index contributed by atoms with van der Waals surface area (Å²) in [5, 5.41) is 0. The van der Waals surface area contributed by atoms with Gasteiger partial charge in [-0.3, -0.25) is 9.59 Å². The minimum Gasteiger partial charge on any atom is -0.417 e. The molecule has 0 spiro atoms. The van der Waals surface area contributed by atoms with Crippen molar-refractivity contribution in [3.8, 4) is 0 Å². The smallest absolute Gasteiger partial charge is 0.306 e. The minimum atomic E-state index is -1.42. The first kappa shape index (κ1) is 17.0. The van der Waals surface area contributed by atoms with Crippen LogP contribution in [0.25, 0.3) is 0 Å². The van der Waals surface area contributed by atoms with E-state index in [1.54, 1.807) is 0 Å². The van der Waals surface area contributed by atoms with Crippen LogP contribution in [0.2, 0.25) is 0 Å². The van der Waals surface area contributed by atoms with E-state index in [9.17, 15) is 9.59 Å². The average Bonchev–Trinajstić information content (AvgIpc) is 2.80. The van der Waals surface area contributed by atoms with Crippen LogP contribution < -0.4 is 0 Å². The molecule has 0 saturated carbocycles. The van der Waals surface area contributed by atoms with E-state index >= 15 is 0 Å². The summed E-state index contributed by atoms with van der Waals surface area (Å²) in [6.45, 7) is 2.66. The van der Waals surface area contributed by atoms with Crippen LogP contribution in [-0.4, -0.2) is 11.9 Å². The number of benzene rings is 2. The largest absolute Gasteiger partial charge is 0.417 e. The number of rotatable bonds is 3. The molecule has 3 rings (SSSR count). The molecule has 0 heterocycles. The zero-order valence-corrected chi connectivity index (χ0v) is 15.6. The Morgan fingerprint density at radius 2 is 1.71 bits per heavy atom. The van der Waals surface area contributed by atoms with Gasteiger partial charge in [-0.25, -0.2) is 0 Å². The lowest BCUT2D eigenvalue weighted by Gasteiger charge is -2.34. The summed E-state index contributed by atoms with van der Waals surface area (Å²) >= 11 is 2.24. The third-order valence-corrected chi connectivity index (χ3v) is 4.79. The summed E-state index contributed by atoms with van der Waals surface area (Å²) in [6, 6.07) is 15.6. The second kappa shape index (κ2) is 6.55. The summed E-state index contributed by atoms with van der Waals surface area (Å²) < 4.78 is 12.4. The molecule has 0 saturated heterocycles. The summed E-state index contributed by atoms with van der Waals surface area (Å²) in [5.74, 6) is -2.66. The SMILES string of the molecule is CC(=O)OC1(OC(C)=O)c2ccccc2C[C@H]1c1cccc(I)c1. The van der Waals surface area contributed by atoms with Crippen molar-refractivity contribution >= 4 is 34.5 Å². The van der Waals surface area contributed by atoms with Crippen molar-refractivity contribution in [2.24, 2.45) is 0 Å². The standard InChI is InChI=1S/C19H17IO4/c1-12(21)23-19(24-13(2)22)17-9-4-3-6-15(17)11-18(19)14-7-5-8-16(20)10-14/h3-10,18H,11H2,1-2H3/t18-/m0/s1. The highest BCUT2D eigenvalue weighted by molar-refractivity contribution is 14.1. The molecular formula is C19H17IO4. The minimum absolute atomic E-state index is 0.280. The second-order valence-corrected chi connectivity index (χ2v) is 7.07. The molecule has 4 nitrogen and oxygen atoms in total. The van der Waals surface area contributed by atoms with Crippen molar-refractivity contribution in [3.63, 3.8) is 0 Å². The van der Waals surface area contributed by atoms with Gasteiger partial charge in [-0.1, -0.05) is 36.4 Å². The number of carbonyl (C=O) groups is 2. The number of hydrogen-bond acceptors (Lipinski definition) is 4. The monoisotopic (exact) mass is 436 g/mol. The predicted octanol–water partition coefficient (Wildman–Crippen LogP) is 3.91. The topological polar surface area (TPSA) is 52.6 Å². The van der Waals surface area contributed by atoms with Crippen molar-refractivity contribution in [2.75, 3.05) is 0 Å². The Labute approximate surface area is 154 Å². The van der Waals surface area contributed by atoms with Crippen LogP contribution in [0.1, 0.15) is 36.5 Å². The van der Waals surface area contributed by atoms with Crippen molar-refractivity contribution in [1.82, 2.24) is 0 Å². The lowest BCUT2D eigenvalue weighted by Crippen LogP contribution is -2.39. The third kappa shape index (κ3) is 3.05. The molecule has 0 aliphatic heterocycles. The molecule has 0 N–H and O–H groups in total. The zero-order chi connectivity index (χ0) is 17.3. The van der Waals surface area contributed by atoms with E-state index in [2.05, 4.69) is 22.6 Å². The summed E-state index contributed by atoms with van der Waals surface area (Å²) in [5.41, 5.74) is 2.73. The Kier molecular flexibility index (Phi) is 4.62. The number of fused-ring (bicyclic) bond motifs is 1. The van der Waals surface area contributed by atoms with Gasteiger partial charge in [-0.2, -0.15) is 0 Å². The Hall–Kier alpha value is -1.89. The first-order chi connectivity index (χ1) is 11.4. The van der Waals surface area contributed by atoms with Crippen LogP contribution in [0.5, 0.6) is 0 Å². The maximum Gasteiger partial charge on any atom is 0.306 e. The van der Waals surface area contributed by atoms with Gasteiger partial charge in [0.05, 0.1) is 5.92 Å². The van der Waals surface area contributed by atoms with Gasteiger partial charge in [0.1, 0.15) is 0 Å². The first-order valence-electron chi connectivity index (χ1n) is 7.65. The van der Waals surface area contributed by atoms with Crippen molar-refractivity contribution in [2.45, 2.75) is 32.0 Å². The van der Waals surface area contributed by atoms with Crippen LogP contribution in [0.15, 0.2) is 48.5 Å². The van der Waals surface area contributed by atoms with Gasteiger partial charge in [-0.15, -0.1) is 0 Å². The summed E-state index contributed by atoms with van der Waals surface area (Å²) in [4.78, 5) is 23.7. The van der Waals surface area contributed by atoms with Crippen LogP contribution >= 0.6 is 22.6 Å². The zero-order valence-electron chi connectivity index (χ0n) is 13.4. The number of carbonyl (C=O) groups excluding carboxylic acids is 2. The number of hydrogen-bond donors (Lipinski definition) is 0. The molecule has 24 heavy (non-hydrogen) atoms. The predicted molar refractivity (Wildman–Crippen MR) is 97.3 cm³/mol. The van der Waals surface area contributed by atoms with Gasteiger partial charge in [0.2, 0.25) is 0 Å². The van der Waals surface area contributed by atoms with E-state index in [4.69, 9.17) is 9.47 Å². The van der Waals surface area contributed by atoms with Gasteiger partial charge >= 0.3 is 11.9 Å². The van der Waals surface area contributed by atoms with Crippen LogP contribution in [0.4, 0.5) is 0 Å². The lowest BCUT2D eigenvalue weighted by molar-refractivity contribution is -0.237. The van der Waals surface area contributed by atoms with Gasteiger partial charge < -0.3 is 9.47 Å². The molecule has 124 valence electrons. The molecule has 2 aromatic carbocycles.